The van der Waals surface area contributed by atoms with Gasteiger partial charge in [-0.15, -0.1) is 16.4 Å². The summed E-state index contributed by atoms with van der Waals surface area (Å²) in [5.41, 5.74) is 1.35. The van der Waals surface area contributed by atoms with Crippen LogP contribution in [0.3, 0.4) is 0 Å². The summed E-state index contributed by atoms with van der Waals surface area (Å²) in [4.78, 5) is 16.7. The van der Waals surface area contributed by atoms with Crippen LogP contribution >= 0.6 is 11.3 Å². The molecule has 0 atom stereocenters. The molecule has 2 aromatic heterocycles. The average molecular weight is 272 g/mol. The maximum Gasteiger partial charge on any atom is 0.277 e. The molecule has 0 radical (unpaired) electrons. The van der Waals surface area contributed by atoms with E-state index in [9.17, 15) is 4.79 Å². The minimum Gasteiger partial charge on any atom is -0.267 e. The van der Waals surface area contributed by atoms with Gasteiger partial charge in [0.2, 0.25) is 0 Å². The lowest BCUT2D eigenvalue weighted by atomic mass is 10.2. The van der Waals surface area contributed by atoms with Gasteiger partial charge in [-0.3, -0.25) is 4.79 Å². The molecule has 96 valence electrons. The Morgan fingerprint density at radius 3 is 2.95 bits per heavy atom. The molecule has 0 bridgehead atoms. The molecule has 6 heteroatoms. The number of rotatable bonds is 3. The Morgan fingerprint density at radius 1 is 1.32 bits per heavy atom. The van der Waals surface area contributed by atoms with Crippen molar-refractivity contribution in [3.63, 3.8) is 0 Å². The zero-order chi connectivity index (χ0) is 13.2. The van der Waals surface area contributed by atoms with Crippen LogP contribution in [0, 0.1) is 0 Å². The molecular weight excluding hydrogens is 260 g/mol. The first-order valence-corrected chi connectivity index (χ1v) is 6.91. The third-order valence-electron chi connectivity index (χ3n) is 2.84. The van der Waals surface area contributed by atoms with Gasteiger partial charge in [0.15, 0.2) is 0 Å². The summed E-state index contributed by atoms with van der Waals surface area (Å²) in [6.45, 7) is 2.43. The van der Waals surface area contributed by atoms with Crippen LogP contribution in [0.4, 0.5) is 0 Å². The van der Waals surface area contributed by atoms with Crippen molar-refractivity contribution in [1.29, 1.82) is 0 Å². The Bertz CT molecular complexity index is 777. The highest BCUT2D eigenvalue weighted by Gasteiger charge is 2.07. The molecule has 0 spiro atoms. The van der Waals surface area contributed by atoms with Crippen LogP contribution in [-0.4, -0.2) is 20.0 Å². The molecule has 3 rings (SSSR count). The maximum atomic E-state index is 12.2. The number of nitrogens with zero attached hydrogens (tertiary/aromatic N) is 4. The molecule has 1 aromatic carbocycles. The van der Waals surface area contributed by atoms with Crippen LogP contribution in [0.5, 0.6) is 0 Å². The van der Waals surface area contributed by atoms with E-state index in [-0.39, 0.29) is 5.56 Å². The Hall–Kier alpha value is -2.08. The first-order chi connectivity index (χ1) is 9.28. The summed E-state index contributed by atoms with van der Waals surface area (Å²) in [6, 6.07) is 7.22. The topological polar surface area (TPSA) is 60.7 Å². The van der Waals surface area contributed by atoms with E-state index < -0.39 is 0 Å². The number of hydrogen-bond acceptors (Lipinski definition) is 5. The monoisotopic (exact) mass is 272 g/mol. The van der Waals surface area contributed by atoms with Gasteiger partial charge in [-0.05, 0) is 18.6 Å². The fourth-order valence-corrected chi connectivity index (χ4v) is 2.60. The molecule has 3 aromatic rings. The Morgan fingerprint density at radius 2 is 2.16 bits per heavy atom. The van der Waals surface area contributed by atoms with Crippen LogP contribution < -0.4 is 5.56 Å². The number of aryl methyl sites for hydroxylation is 1. The highest BCUT2D eigenvalue weighted by molar-refractivity contribution is 7.09. The summed E-state index contributed by atoms with van der Waals surface area (Å²) >= 11 is 1.60. The zero-order valence-electron chi connectivity index (χ0n) is 10.4. The van der Waals surface area contributed by atoms with E-state index in [1.807, 2.05) is 17.5 Å². The molecule has 2 heterocycles. The molecule has 0 aliphatic heterocycles. The third kappa shape index (κ3) is 2.26. The van der Waals surface area contributed by atoms with Crippen molar-refractivity contribution in [2.45, 2.75) is 19.9 Å². The Balaban J connectivity index is 2.01. The van der Waals surface area contributed by atoms with Gasteiger partial charge in [-0.2, -0.15) is 0 Å². The maximum absolute atomic E-state index is 12.2. The summed E-state index contributed by atoms with van der Waals surface area (Å²) < 4.78 is 1.36. The van der Waals surface area contributed by atoms with Crippen molar-refractivity contribution in [3.05, 3.63) is 50.7 Å². The summed E-state index contributed by atoms with van der Waals surface area (Å²) in [6.07, 6.45) is 0.906. The summed E-state index contributed by atoms with van der Waals surface area (Å²) in [7, 11) is 0. The van der Waals surface area contributed by atoms with E-state index in [0.29, 0.717) is 17.4 Å². The second-order valence-electron chi connectivity index (χ2n) is 4.16. The molecule has 0 fully saturated rings. The zero-order valence-corrected chi connectivity index (χ0v) is 11.2. The largest absolute Gasteiger partial charge is 0.277 e. The second kappa shape index (κ2) is 4.89. The van der Waals surface area contributed by atoms with Crippen LogP contribution in [0.2, 0.25) is 0 Å². The lowest BCUT2D eigenvalue weighted by Crippen LogP contribution is -2.24. The average Bonchev–Trinajstić information content (AvgIpc) is 2.90. The molecule has 0 aliphatic rings. The minimum absolute atomic E-state index is 0.128. The molecule has 0 unspecified atom stereocenters. The number of aromatic nitrogens is 4. The quantitative estimate of drug-likeness (QED) is 0.730. The third-order valence-corrected chi connectivity index (χ3v) is 3.88. The Kier molecular flexibility index (Phi) is 3.08. The van der Waals surface area contributed by atoms with Gasteiger partial charge in [-0.25, -0.2) is 9.67 Å². The van der Waals surface area contributed by atoms with Crippen LogP contribution in [-0.2, 0) is 13.0 Å². The Labute approximate surface area is 113 Å². The predicted octanol–water partition coefficient (Wildman–Crippen LogP) is 1.86. The summed E-state index contributed by atoms with van der Waals surface area (Å²) in [5, 5.41) is 11.6. The van der Waals surface area contributed by atoms with Crippen molar-refractivity contribution in [3.8, 4) is 0 Å². The number of hydrogen-bond donors (Lipinski definition) is 0. The van der Waals surface area contributed by atoms with Crippen LogP contribution in [0.1, 0.15) is 17.6 Å². The highest BCUT2D eigenvalue weighted by Crippen LogP contribution is 2.11. The molecule has 0 saturated carbocycles. The van der Waals surface area contributed by atoms with Gasteiger partial charge in [0, 0.05) is 5.38 Å². The first kappa shape index (κ1) is 12.0. The van der Waals surface area contributed by atoms with Gasteiger partial charge in [0.25, 0.3) is 5.56 Å². The molecule has 0 aliphatic carbocycles. The van der Waals surface area contributed by atoms with Crippen molar-refractivity contribution < 1.29 is 0 Å². The van der Waals surface area contributed by atoms with Crippen LogP contribution in [0.15, 0.2) is 34.4 Å². The highest BCUT2D eigenvalue weighted by atomic mass is 32.1. The molecule has 0 saturated heterocycles. The van der Waals surface area contributed by atoms with Gasteiger partial charge < -0.3 is 0 Å². The van der Waals surface area contributed by atoms with E-state index >= 15 is 0 Å². The van der Waals surface area contributed by atoms with E-state index in [2.05, 4.69) is 22.2 Å². The predicted molar refractivity (Wildman–Crippen MR) is 74.4 cm³/mol. The van der Waals surface area contributed by atoms with Crippen molar-refractivity contribution in [2.75, 3.05) is 0 Å². The number of benzene rings is 1. The fraction of sp³-hybridized carbons (Fsp3) is 0.231. The van der Waals surface area contributed by atoms with Gasteiger partial charge >= 0.3 is 0 Å². The molecule has 19 heavy (non-hydrogen) atoms. The van der Waals surface area contributed by atoms with Gasteiger partial charge in [0.1, 0.15) is 5.52 Å². The lowest BCUT2D eigenvalue weighted by molar-refractivity contribution is 0.593. The summed E-state index contributed by atoms with van der Waals surface area (Å²) in [5.74, 6) is 0. The van der Waals surface area contributed by atoms with Gasteiger partial charge in [0.05, 0.1) is 22.6 Å². The van der Waals surface area contributed by atoms with Gasteiger partial charge in [-0.1, -0.05) is 24.3 Å². The van der Waals surface area contributed by atoms with Crippen LogP contribution in [0.25, 0.3) is 10.9 Å². The van der Waals surface area contributed by atoms with E-state index in [1.165, 1.54) is 4.68 Å². The van der Waals surface area contributed by atoms with E-state index in [4.69, 9.17) is 0 Å². The molecule has 0 N–H and O–H groups in total. The molecule has 5 nitrogen and oxygen atoms in total. The van der Waals surface area contributed by atoms with Crippen molar-refractivity contribution in [2.24, 2.45) is 0 Å². The fourth-order valence-electron chi connectivity index (χ4n) is 1.86. The number of thiazole rings is 1. The first-order valence-electron chi connectivity index (χ1n) is 6.03. The van der Waals surface area contributed by atoms with E-state index in [1.54, 1.807) is 23.5 Å². The lowest BCUT2D eigenvalue weighted by Gasteiger charge is -2.02. The second-order valence-corrected chi connectivity index (χ2v) is 5.10. The normalized spacial score (nSPS) is 11.0. The number of fused-ring (bicyclic) bond motifs is 1. The molecular formula is C13H12N4OS. The van der Waals surface area contributed by atoms with E-state index in [0.717, 1.165) is 17.1 Å². The van der Waals surface area contributed by atoms with Crippen molar-refractivity contribution in [1.82, 2.24) is 20.0 Å². The SMILES string of the molecule is CCc1nc(Cn2nnc3ccccc3c2=O)cs1. The standard InChI is InChI=1S/C13H12N4OS/c1-2-12-14-9(8-19-12)7-17-13(18)10-5-3-4-6-11(10)15-16-17/h3-6,8H,2,7H2,1H3. The minimum atomic E-state index is -0.128. The van der Waals surface area contributed by atoms with Crippen molar-refractivity contribution >= 4 is 22.2 Å². The smallest absolute Gasteiger partial charge is 0.267 e. The molecule has 0 amide bonds.